The standard InChI is InChI=1S/C52H92Cl4N6O14S2/c1-61-31-43(41-27-37(53)29-47(55)45(41)33-61)35-3-7-39(8-4-35)77(67,68)59-13-17-73-21-25-75-23-19-71-15-11-57-51(65)49(63)50(64)52(66)58-12-16-72-20-24-76-26-22-74-18-14-60-78(69,70)40-9-5-36(6-10-40)44-32-62(2)34-46-42(44)28-38(54)30-48(46)56/h35-50,59-60,63-64H,3-34H2,1-2H3,(H,57,65)(H,58,66)/t35?,36?,37?,38?,39?,40?,41?,42?,43-,44-,45?,46?,47?,48?,49?,50?/m0/s1. The molecule has 4 aliphatic carbocycles. The van der Waals surface area contributed by atoms with Crippen LogP contribution in [-0.2, 0) is 58.1 Å². The van der Waals surface area contributed by atoms with Crippen LogP contribution in [0.5, 0.6) is 0 Å². The van der Waals surface area contributed by atoms with E-state index < -0.39 is 54.6 Å². The molecule has 26 heteroatoms. The van der Waals surface area contributed by atoms with Crippen molar-refractivity contribution in [3.8, 4) is 0 Å². The van der Waals surface area contributed by atoms with Crippen LogP contribution in [-0.4, -0.2) is 239 Å². The topological polar surface area (TPSA) is 253 Å². The molecule has 0 radical (unpaired) electrons. The third-order valence-corrected chi connectivity index (χ3v) is 22.9. The predicted molar refractivity (Wildman–Crippen MR) is 301 cm³/mol. The number of hydrogen-bond acceptors (Lipinski definition) is 16. The maximum absolute atomic E-state index is 13.1. The number of alkyl halides is 4. The van der Waals surface area contributed by atoms with Crippen molar-refractivity contribution in [2.75, 3.05) is 146 Å². The summed E-state index contributed by atoms with van der Waals surface area (Å²) >= 11 is 26.8. The monoisotopic (exact) mass is 1230 g/mol. The number of aliphatic hydroxyl groups is 2. The molecule has 6 fully saturated rings. The highest BCUT2D eigenvalue weighted by Crippen LogP contribution is 2.50. The lowest BCUT2D eigenvalue weighted by molar-refractivity contribution is -0.146. The fraction of sp³-hybridized carbons (Fsp3) is 0.962. The normalized spacial score (nSPS) is 33.1. The van der Waals surface area contributed by atoms with Crippen LogP contribution >= 0.6 is 46.4 Å². The minimum absolute atomic E-state index is 0.0192. The smallest absolute Gasteiger partial charge is 0.252 e. The van der Waals surface area contributed by atoms with Crippen LogP contribution < -0.4 is 20.1 Å². The number of nitrogens with one attached hydrogen (secondary N) is 4. The molecule has 454 valence electrons. The molecule has 2 heterocycles. The van der Waals surface area contributed by atoms with Crippen LogP contribution in [0, 0.1) is 47.3 Å². The van der Waals surface area contributed by atoms with Crippen molar-refractivity contribution in [3.63, 3.8) is 0 Å². The molecule has 2 saturated heterocycles. The van der Waals surface area contributed by atoms with Crippen LogP contribution in [0.3, 0.4) is 0 Å². The van der Waals surface area contributed by atoms with Gasteiger partial charge in [-0.15, -0.1) is 46.4 Å². The van der Waals surface area contributed by atoms with Crippen molar-refractivity contribution in [2.45, 2.75) is 121 Å². The van der Waals surface area contributed by atoms with E-state index in [0.717, 1.165) is 77.5 Å². The molecule has 20 nitrogen and oxygen atoms in total. The third kappa shape index (κ3) is 20.9. The average molecular weight is 1230 g/mol. The van der Waals surface area contributed by atoms with E-state index in [0.29, 0.717) is 73.0 Å². The number of fused-ring (bicyclic) bond motifs is 2. The quantitative estimate of drug-likeness (QED) is 0.0408. The Hall–Kier alpha value is -0.480. The number of likely N-dealkylation sites (tertiary alicyclic amines) is 2. The van der Waals surface area contributed by atoms with E-state index in [1.54, 1.807) is 0 Å². The molecular formula is C52H92Cl4N6O14S2. The van der Waals surface area contributed by atoms with E-state index in [1.807, 2.05) is 0 Å². The zero-order valence-corrected chi connectivity index (χ0v) is 50.5. The highest BCUT2D eigenvalue weighted by atomic mass is 35.5. The second kappa shape index (κ2) is 33.9. The highest BCUT2D eigenvalue weighted by Gasteiger charge is 2.49. The van der Waals surface area contributed by atoms with E-state index in [2.05, 4.69) is 44.0 Å². The summed E-state index contributed by atoms with van der Waals surface area (Å²) in [6, 6.07) is 0. The second-order valence-electron chi connectivity index (χ2n) is 22.7. The summed E-state index contributed by atoms with van der Waals surface area (Å²) in [5.41, 5.74) is 0. The summed E-state index contributed by atoms with van der Waals surface area (Å²) in [6.07, 6.45) is 5.84. The first-order valence-corrected chi connectivity index (χ1v) is 33.5. The first kappa shape index (κ1) is 66.7. The Kier molecular flexibility index (Phi) is 28.9. The number of hydrogen-bond donors (Lipinski definition) is 6. The van der Waals surface area contributed by atoms with Crippen LogP contribution in [0.1, 0.15) is 77.0 Å². The number of carbonyl (C=O) groups is 2. The zero-order chi connectivity index (χ0) is 56.2. The van der Waals surface area contributed by atoms with Crippen molar-refractivity contribution >= 4 is 78.3 Å². The number of halogens is 4. The van der Waals surface area contributed by atoms with Gasteiger partial charge in [-0.3, -0.25) is 9.59 Å². The minimum Gasteiger partial charge on any atom is -0.380 e. The molecule has 12 atom stereocenters. The van der Waals surface area contributed by atoms with Gasteiger partial charge in [0.2, 0.25) is 20.0 Å². The van der Waals surface area contributed by atoms with Crippen LogP contribution in [0.4, 0.5) is 0 Å². The van der Waals surface area contributed by atoms with Gasteiger partial charge < -0.3 is 59.1 Å². The summed E-state index contributed by atoms with van der Waals surface area (Å²) in [6.45, 7) is 7.09. The first-order chi connectivity index (χ1) is 37.3. The minimum atomic E-state index is -3.46. The van der Waals surface area contributed by atoms with Gasteiger partial charge in [-0.1, -0.05) is 0 Å². The fourth-order valence-corrected chi connectivity index (χ4v) is 18.3. The van der Waals surface area contributed by atoms with Gasteiger partial charge in [0.25, 0.3) is 11.8 Å². The molecule has 0 spiro atoms. The molecule has 2 amide bonds. The molecule has 0 aromatic heterocycles. The van der Waals surface area contributed by atoms with Gasteiger partial charge in [-0.05, 0) is 138 Å². The maximum atomic E-state index is 13.1. The van der Waals surface area contributed by atoms with E-state index in [1.165, 1.54) is 0 Å². The molecule has 0 bridgehead atoms. The Balaban J connectivity index is 0.675. The molecule has 2 aliphatic heterocycles. The number of carbonyl (C=O) groups excluding carboxylic acids is 2. The Morgan fingerprint density at radius 3 is 1.08 bits per heavy atom. The van der Waals surface area contributed by atoms with E-state index in [9.17, 15) is 36.6 Å². The van der Waals surface area contributed by atoms with E-state index in [4.69, 9.17) is 74.8 Å². The van der Waals surface area contributed by atoms with E-state index in [-0.39, 0.29) is 127 Å². The number of aliphatic hydroxyl groups excluding tert-OH is 2. The van der Waals surface area contributed by atoms with Gasteiger partial charge in [0.05, 0.1) is 89.8 Å². The molecular weight excluding hydrogens is 1140 g/mol. The molecule has 0 aromatic rings. The van der Waals surface area contributed by atoms with Crippen LogP contribution in [0.15, 0.2) is 0 Å². The van der Waals surface area contributed by atoms with Crippen molar-refractivity contribution < 1.29 is 65.1 Å². The van der Waals surface area contributed by atoms with E-state index >= 15 is 0 Å². The molecule has 6 rings (SSSR count). The van der Waals surface area contributed by atoms with Gasteiger partial charge in [0.15, 0.2) is 12.2 Å². The zero-order valence-electron chi connectivity index (χ0n) is 45.9. The lowest BCUT2D eigenvalue weighted by Crippen LogP contribution is -2.53. The Morgan fingerprint density at radius 1 is 0.449 bits per heavy atom. The predicted octanol–water partition coefficient (Wildman–Crippen LogP) is 2.60. The van der Waals surface area contributed by atoms with Gasteiger partial charge in [0.1, 0.15) is 0 Å². The number of ether oxygens (including phenoxy) is 6. The Labute approximate surface area is 484 Å². The number of amides is 2. The summed E-state index contributed by atoms with van der Waals surface area (Å²) in [7, 11) is -2.61. The number of nitrogens with zero attached hydrogens (tertiary/aromatic N) is 2. The average Bonchev–Trinajstić information content (AvgIpc) is 3.47. The van der Waals surface area contributed by atoms with Gasteiger partial charge >= 0.3 is 0 Å². The van der Waals surface area contributed by atoms with Crippen molar-refractivity contribution in [1.82, 2.24) is 29.9 Å². The molecule has 10 unspecified atom stereocenters. The summed E-state index contributed by atoms with van der Waals surface area (Å²) in [5.74, 6) is 1.95. The lowest BCUT2D eigenvalue weighted by atomic mass is 9.63. The summed E-state index contributed by atoms with van der Waals surface area (Å²) < 4.78 is 90.8. The number of rotatable bonds is 33. The third-order valence-electron chi connectivity index (χ3n) is 17.3. The summed E-state index contributed by atoms with van der Waals surface area (Å²) in [5, 5.41) is 24.8. The Morgan fingerprint density at radius 2 is 0.744 bits per heavy atom. The van der Waals surface area contributed by atoms with Crippen LogP contribution in [0.2, 0.25) is 0 Å². The number of piperidine rings is 2. The molecule has 6 N–H and O–H groups in total. The van der Waals surface area contributed by atoms with Crippen LogP contribution in [0.25, 0.3) is 0 Å². The second-order valence-corrected chi connectivity index (χ2v) is 29.1. The molecule has 0 aromatic carbocycles. The summed E-state index contributed by atoms with van der Waals surface area (Å²) in [4.78, 5) is 29.4. The van der Waals surface area contributed by atoms with Gasteiger partial charge in [0, 0.05) is 73.9 Å². The largest absolute Gasteiger partial charge is 0.380 e. The molecule has 78 heavy (non-hydrogen) atoms. The molecule has 6 aliphatic rings. The fourth-order valence-electron chi connectivity index (χ4n) is 13.3. The van der Waals surface area contributed by atoms with Gasteiger partial charge in [-0.2, -0.15) is 0 Å². The molecule has 4 saturated carbocycles. The highest BCUT2D eigenvalue weighted by molar-refractivity contribution is 7.90. The number of sulfonamides is 2. The maximum Gasteiger partial charge on any atom is 0.252 e. The van der Waals surface area contributed by atoms with Crippen molar-refractivity contribution in [2.24, 2.45) is 47.3 Å². The van der Waals surface area contributed by atoms with Crippen molar-refractivity contribution in [3.05, 3.63) is 0 Å². The Bertz CT molecular complexity index is 1860. The SMILES string of the molecule is CN1CC2C(Cl)CC(Cl)CC2[C@H](C2CCC(S(=O)(=O)NCCOCCOCCOCCNC(=O)C(O)C(O)C(=O)NCCOCCOCCOCCNS(=O)(=O)C3CCC([C@@H]4CN(C)CC5C(Cl)CC(Cl)CC54)CC3)CC2)C1. The first-order valence-electron chi connectivity index (χ1n) is 28.6. The lowest BCUT2D eigenvalue weighted by Gasteiger charge is -2.51. The van der Waals surface area contributed by atoms with Crippen molar-refractivity contribution in [1.29, 1.82) is 0 Å². The van der Waals surface area contributed by atoms with Gasteiger partial charge in [-0.25, -0.2) is 26.3 Å².